The summed E-state index contributed by atoms with van der Waals surface area (Å²) < 4.78 is 5.33. The van der Waals surface area contributed by atoms with Crippen LogP contribution in [0.3, 0.4) is 0 Å². The molecule has 0 aromatic heterocycles. The molecular formula is C13H20O2. The van der Waals surface area contributed by atoms with Crippen molar-refractivity contribution in [3.05, 3.63) is 35.9 Å². The lowest BCUT2D eigenvalue weighted by Crippen LogP contribution is -2.04. The van der Waals surface area contributed by atoms with Gasteiger partial charge in [0.15, 0.2) is 6.29 Å². The molecular weight excluding hydrogens is 188 g/mol. The maximum absolute atomic E-state index is 9.65. The molecule has 0 aliphatic carbocycles. The van der Waals surface area contributed by atoms with E-state index in [9.17, 15) is 5.11 Å². The Balaban J connectivity index is 2.16. The van der Waals surface area contributed by atoms with Crippen molar-refractivity contribution in [2.24, 2.45) is 0 Å². The van der Waals surface area contributed by atoms with Crippen LogP contribution in [0.25, 0.3) is 0 Å². The molecule has 1 aromatic carbocycles. The summed E-state index contributed by atoms with van der Waals surface area (Å²) in [6, 6.07) is 9.48. The third-order valence-electron chi connectivity index (χ3n) is 2.36. The van der Waals surface area contributed by atoms with Gasteiger partial charge in [0.05, 0.1) is 6.61 Å². The number of aliphatic hydroxyl groups is 1. The minimum absolute atomic E-state index is 0.635. The summed E-state index contributed by atoms with van der Waals surface area (Å²) in [6.45, 7) is 2.82. The highest BCUT2D eigenvalue weighted by molar-refractivity contribution is 5.15. The average Bonchev–Trinajstić information content (AvgIpc) is 2.30. The first-order valence-electron chi connectivity index (χ1n) is 5.69. The van der Waals surface area contributed by atoms with Gasteiger partial charge < -0.3 is 9.84 Å². The van der Waals surface area contributed by atoms with Gasteiger partial charge in [-0.15, -0.1) is 0 Å². The number of benzene rings is 1. The minimum Gasteiger partial charge on any atom is -0.364 e. The molecule has 84 valence electrons. The van der Waals surface area contributed by atoms with Crippen molar-refractivity contribution < 1.29 is 9.84 Å². The second-order valence-corrected chi connectivity index (χ2v) is 3.69. The summed E-state index contributed by atoms with van der Waals surface area (Å²) in [4.78, 5) is 0. The van der Waals surface area contributed by atoms with E-state index in [0.29, 0.717) is 6.61 Å². The number of ether oxygens (including phenoxy) is 1. The molecule has 2 nitrogen and oxygen atoms in total. The van der Waals surface area contributed by atoms with Gasteiger partial charge in [0.1, 0.15) is 0 Å². The van der Waals surface area contributed by atoms with Crippen LogP contribution >= 0.6 is 0 Å². The quantitative estimate of drug-likeness (QED) is 0.550. The largest absolute Gasteiger partial charge is 0.364 e. The molecule has 1 N–H and O–H groups in total. The van der Waals surface area contributed by atoms with Crippen LogP contribution in [-0.2, 0) is 4.74 Å². The summed E-state index contributed by atoms with van der Waals surface area (Å²) in [5, 5.41) is 9.65. The van der Waals surface area contributed by atoms with Crippen molar-refractivity contribution in [2.75, 3.05) is 6.61 Å². The molecule has 0 saturated heterocycles. The molecule has 0 fully saturated rings. The van der Waals surface area contributed by atoms with Gasteiger partial charge in [-0.1, -0.05) is 56.5 Å². The van der Waals surface area contributed by atoms with Crippen molar-refractivity contribution in [2.45, 2.75) is 38.9 Å². The minimum atomic E-state index is -0.771. The topological polar surface area (TPSA) is 29.5 Å². The summed E-state index contributed by atoms with van der Waals surface area (Å²) >= 11 is 0. The smallest absolute Gasteiger partial charge is 0.181 e. The van der Waals surface area contributed by atoms with Gasteiger partial charge in [0.2, 0.25) is 0 Å². The predicted molar refractivity (Wildman–Crippen MR) is 61.5 cm³/mol. The lowest BCUT2D eigenvalue weighted by molar-refractivity contribution is -0.103. The van der Waals surface area contributed by atoms with E-state index >= 15 is 0 Å². The van der Waals surface area contributed by atoms with Crippen LogP contribution in [0.2, 0.25) is 0 Å². The average molecular weight is 208 g/mol. The summed E-state index contributed by atoms with van der Waals surface area (Å²) in [5.41, 5.74) is 0.827. The zero-order chi connectivity index (χ0) is 10.9. The molecule has 0 amide bonds. The Morgan fingerprint density at radius 3 is 2.53 bits per heavy atom. The Kier molecular flexibility index (Phi) is 6.05. The van der Waals surface area contributed by atoms with Crippen molar-refractivity contribution in [3.63, 3.8) is 0 Å². The molecule has 0 bridgehead atoms. The fourth-order valence-corrected chi connectivity index (χ4v) is 1.44. The van der Waals surface area contributed by atoms with Gasteiger partial charge in [-0.3, -0.25) is 0 Å². The van der Waals surface area contributed by atoms with Crippen LogP contribution in [0.1, 0.15) is 44.5 Å². The van der Waals surface area contributed by atoms with Crippen molar-refractivity contribution in [1.82, 2.24) is 0 Å². The van der Waals surface area contributed by atoms with Gasteiger partial charge in [-0.05, 0) is 6.42 Å². The van der Waals surface area contributed by atoms with E-state index in [-0.39, 0.29) is 0 Å². The normalized spacial score (nSPS) is 12.7. The Morgan fingerprint density at radius 2 is 1.87 bits per heavy atom. The Hall–Kier alpha value is -0.860. The van der Waals surface area contributed by atoms with Gasteiger partial charge in [-0.25, -0.2) is 0 Å². The SMILES string of the molecule is CCCCCCOC(O)c1ccccc1. The summed E-state index contributed by atoms with van der Waals surface area (Å²) in [5.74, 6) is 0. The number of unbranched alkanes of at least 4 members (excludes halogenated alkanes) is 3. The summed E-state index contributed by atoms with van der Waals surface area (Å²) in [7, 11) is 0. The van der Waals surface area contributed by atoms with Gasteiger partial charge in [0, 0.05) is 5.56 Å². The third kappa shape index (κ3) is 4.96. The van der Waals surface area contributed by atoms with Gasteiger partial charge >= 0.3 is 0 Å². The van der Waals surface area contributed by atoms with Crippen molar-refractivity contribution in [1.29, 1.82) is 0 Å². The Morgan fingerprint density at radius 1 is 1.13 bits per heavy atom. The molecule has 1 atom stereocenters. The van der Waals surface area contributed by atoms with E-state index in [1.54, 1.807) is 0 Å². The molecule has 0 heterocycles. The molecule has 1 unspecified atom stereocenters. The molecule has 1 rings (SSSR count). The maximum atomic E-state index is 9.65. The monoisotopic (exact) mass is 208 g/mol. The fourth-order valence-electron chi connectivity index (χ4n) is 1.44. The number of aliphatic hydroxyl groups excluding tert-OH is 1. The molecule has 1 aromatic rings. The van der Waals surface area contributed by atoms with Crippen LogP contribution in [0.5, 0.6) is 0 Å². The molecule has 0 spiro atoms. The van der Waals surface area contributed by atoms with Crippen molar-refractivity contribution in [3.8, 4) is 0 Å². The van der Waals surface area contributed by atoms with E-state index in [1.165, 1.54) is 19.3 Å². The predicted octanol–water partition coefficient (Wildman–Crippen LogP) is 3.27. The first-order valence-corrected chi connectivity index (χ1v) is 5.69. The Bertz CT molecular complexity index is 246. The highest BCUT2D eigenvalue weighted by Crippen LogP contribution is 2.13. The summed E-state index contributed by atoms with van der Waals surface area (Å²) in [6.07, 6.45) is 3.90. The number of hydrogen-bond donors (Lipinski definition) is 1. The van der Waals surface area contributed by atoms with Crippen LogP contribution < -0.4 is 0 Å². The molecule has 0 aliphatic rings. The van der Waals surface area contributed by atoms with Crippen LogP contribution in [-0.4, -0.2) is 11.7 Å². The lowest BCUT2D eigenvalue weighted by atomic mass is 10.2. The number of hydrogen-bond acceptors (Lipinski definition) is 2. The van der Waals surface area contributed by atoms with E-state index < -0.39 is 6.29 Å². The second kappa shape index (κ2) is 7.43. The van der Waals surface area contributed by atoms with Gasteiger partial charge in [-0.2, -0.15) is 0 Å². The second-order valence-electron chi connectivity index (χ2n) is 3.69. The Labute approximate surface area is 91.9 Å². The van der Waals surface area contributed by atoms with Crippen LogP contribution in [0, 0.1) is 0 Å². The molecule has 15 heavy (non-hydrogen) atoms. The molecule has 0 radical (unpaired) electrons. The standard InChI is InChI=1S/C13H20O2/c1-2-3-4-8-11-15-13(14)12-9-6-5-7-10-12/h5-7,9-10,13-14H,2-4,8,11H2,1H3. The van der Waals surface area contributed by atoms with Crippen LogP contribution in [0.15, 0.2) is 30.3 Å². The molecule has 0 aliphatic heterocycles. The lowest BCUT2D eigenvalue weighted by Gasteiger charge is -2.11. The number of rotatable bonds is 7. The third-order valence-corrected chi connectivity index (χ3v) is 2.36. The first-order chi connectivity index (χ1) is 7.34. The zero-order valence-electron chi connectivity index (χ0n) is 9.36. The van der Waals surface area contributed by atoms with E-state index in [2.05, 4.69) is 6.92 Å². The van der Waals surface area contributed by atoms with Crippen LogP contribution in [0.4, 0.5) is 0 Å². The fraction of sp³-hybridized carbons (Fsp3) is 0.538. The first kappa shape index (κ1) is 12.2. The van der Waals surface area contributed by atoms with E-state index in [1.807, 2.05) is 30.3 Å². The molecule has 0 saturated carbocycles. The van der Waals surface area contributed by atoms with E-state index in [4.69, 9.17) is 4.74 Å². The van der Waals surface area contributed by atoms with Crippen molar-refractivity contribution >= 4 is 0 Å². The highest BCUT2D eigenvalue weighted by atomic mass is 16.6. The van der Waals surface area contributed by atoms with Gasteiger partial charge in [0.25, 0.3) is 0 Å². The zero-order valence-corrected chi connectivity index (χ0v) is 9.36. The molecule has 2 heteroatoms. The highest BCUT2D eigenvalue weighted by Gasteiger charge is 2.05. The maximum Gasteiger partial charge on any atom is 0.181 e. The van der Waals surface area contributed by atoms with E-state index in [0.717, 1.165) is 12.0 Å².